The Hall–Kier alpha value is -1.65. The van der Waals surface area contributed by atoms with Gasteiger partial charge in [0.25, 0.3) is 0 Å². The van der Waals surface area contributed by atoms with Crippen molar-refractivity contribution in [3.63, 3.8) is 0 Å². The summed E-state index contributed by atoms with van der Waals surface area (Å²) in [6, 6.07) is 15.4. The molecule has 1 aliphatic rings. The van der Waals surface area contributed by atoms with E-state index in [0.29, 0.717) is 0 Å². The Morgan fingerprint density at radius 1 is 1.19 bits per heavy atom. The van der Waals surface area contributed by atoms with E-state index < -0.39 is 10.8 Å². The lowest BCUT2D eigenvalue weighted by molar-refractivity contribution is 0.413. The molecule has 110 valence electrons. The third kappa shape index (κ3) is 2.74. The predicted molar refractivity (Wildman–Crippen MR) is 84.9 cm³/mol. The molecule has 4 heteroatoms. The van der Waals surface area contributed by atoms with Crippen LogP contribution in [0, 0.1) is 0 Å². The summed E-state index contributed by atoms with van der Waals surface area (Å²) in [5.74, 6) is 0.851. The molecule has 0 aliphatic heterocycles. The van der Waals surface area contributed by atoms with Gasteiger partial charge in [0.1, 0.15) is 5.75 Å². The molecule has 21 heavy (non-hydrogen) atoms. The first-order chi connectivity index (χ1) is 10.2. The second-order valence-electron chi connectivity index (χ2n) is 5.28. The van der Waals surface area contributed by atoms with E-state index in [2.05, 4.69) is 0 Å². The van der Waals surface area contributed by atoms with E-state index in [1.165, 1.54) is 5.56 Å². The first-order valence-corrected chi connectivity index (χ1v) is 8.30. The third-order valence-corrected chi connectivity index (χ3v) is 5.87. The number of hydrogen-bond donors (Lipinski definition) is 1. The number of aryl methyl sites for hydroxylation is 1. The van der Waals surface area contributed by atoms with Crippen molar-refractivity contribution in [3.05, 3.63) is 59.7 Å². The number of hydrogen-bond acceptors (Lipinski definition) is 3. The van der Waals surface area contributed by atoms with Crippen LogP contribution in [0.1, 0.15) is 23.6 Å². The van der Waals surface area contributed by atoms with E-state index >= 15 is 0 Å². The van der Waals surface area contributed by atoms with Crippen LogP contribution < -0.4 is 10.5 Å². The molecular formula is C17H19NO2S. The zero-order chi connectivity index (χ0) is 14.8. The molecule has 3 atom stereocenters. The molecule has 0 fully saturated rings. The number of benzene rings is 2. The molecule has 2 aromatic rings. The van der Waals surface area contributed by atoms with E-state index in [-0.39, 0.29) is 11.3 Å². The van der Waals surface area contributed by atoms with Crippen LogP contribution in [0.2, 0.25) is 0 Å². The van der Waals surface area contributed by atoms with Gasteiger partial charge in [-0.3, -0.25) is 4.21 Å². The average Bonchev–Trinajstić information content (AvgIpc) is 2.55. The third-order valence-electron chi connectivity index (χ3n) is 4.06. The zero-order valence-electron chi connectivity index (χ0n) is 12.0. The van der Waals surface area contributed by atoms with Gasteiger partial charge >= 0.3 is 0 Å². The summed E-state index contributed by atoms with van der Waals surface area (Å²) in [6.07, 6.45) is 1.73. The van der Waals surface area contributed by atoms with Crippen LogP contribution in [0.3, 0.4) is 0 Å². The molecule has 0 amide bonds. The lowest BCUT2D eigenvalue weighted by atomic mass is 9.87. The number of fused-ring (bicyclic) bond motifs is 1. The number of methoxy groups -OCH3 is 1. The summed E-state index contributed by atoms with van der Waals surface area (Å²) in [5.41, 5.74) is 8.69. The Balaban J connectivity index is 1.89. The summed E-state index contributed by atoms with van der Waals surface area (Å²) in [7, 11) is 0.594. The van der Waals surface area contributed by atoms with E-state index in [4.69, 9.17) is 10.5 Å². The largest absolute Gasteiger partial charge is 0.497 e. The summed E-state index contributed by atoms with van der Waals surface area (Å²) in [6.45, 7) is 0. The standard InChI is InChI=1S/C17H19NO2S/c1-20-13-8-9-15-12(11-13)7-10-16(17(15)18)21(19)14-5-3-2-4-6-14/h2-6,8-9,11,16-17H,7,10,18H2,1H3. The molecule has 3 unspecified atom stereocenters. The van der Waals surface area contributed by atoms with Gasteiger partial charge in [0.2, 0.25) is 0 Å². The molecule has 3 rings (SSSR count). The van der Waals surface area contributed by atoms with E-state index in [0.717, 1.165) is 29.1 Å². The maximum absolute atomic E-state index is 12.7. The maximum atomic E-state index is 12.7. The normalized spacial score (nSPS) is 22.4. The van der Waals surface area contributed by atoms with Gasteiger partial charge in [0.15, 0.2) is 0 Å². The van der Waals surface area contributed by atoms with Crippen LogP contribution in [0.15, 0.2) is 53.4 Å². The summed E-state index contributed by atoms with van der Waals surface area (Å²) in [4.78, 5) is 0.856. The minimum Gasteiger partial charge on any atom is -0.497 e. The Bertz CT molecular complexity index is 657. The molecule has 0 radical (unpaired) electrons. The van der Waals surface area contributed by atoms with Crippen molar-refractivity contribution in [1.29, 1.82) is 0 Å². The molecule has 2 N–H and O–H groups in total. The van der Waals surface area contributed by atoms with Gasteiger partial charge in [-0.1, -0.05) is 24.3 Å². The highest BCUT2D eigenvalue weighted by Crippen LogP contribution is 2.34. The van der Waals surface area contributed by atoms with Crippen molar-refractivity contribution in [3.8, 4) is 5.75 Å². The molecule has 0 saturated heterocycles. The fraction of sp³-hybridized carbons (Fsp3) is 0.294. The molecule has 0 saturated carbocycles. The molecule has 0 heterocycles. The maximum Gasteiger partial charge on any atom is 0.119 e. The van der Waals surface area contributed by atoms with Crippen molar-refractivity contribution in [2.45, 2.75) is 29.0 Å². The highest BCUT2D eigenvalue weighted by atomic mass is 32.2. The second-order valence-corrected chi connectivity index (χ2v) is 6.95. The zero-order valence-corrected chi connectivity index (χ0v) is 12.8. The monoisotopic (exact) mass is 301 g/mol. The topological polar surface area (TPSA) is 52.3 Å². The van der Waals surface area contributed by atoms with Crippen LogP contribution in [-0.4, -0.2) is 16.6 Å². The van der Waals surface area contributed by atoms with Gasteiger partial charge in [-0.15, -0.1) is 0 Å². The second kappa shape index (κ2) is 6.00. The van der Waals surface area contributed by atoms with Gasteiger partial charge in [0.05, 0.1) is 23.2 Å². The average molecular weight is 301 g/mol. The van der Waals surface area contributed by atoms with Gasteiger partial charge in [-0.2, -0.15) is 0 Å². The van der Waals surface area contributed by atoms with Crippen LogP contribution in [0.4, 0.5) is 0 Å². The van der Waals surface area contributed by atoms with Gasteiger partial charge < -0.3 is 10.5 Å². The van der Waals surface area contributed by atoms with Gasteiger partial charge in [0, 0.05) is 10.9 Å². The van der Waals surface area contributed by atoms with E-state index in [9.17, 15) is 4.21 Å². The SMILES string of the molecule is COc1ccc2c(c1)CCC(S(=O)c1ccccc1)C2N. The van der Waals surface area contributed by atoms with Gasteiger partial charge in [-0.25, -0.2) is 0 Å². The highest BCUT2D eigenvalue weighted by molar-refractivity contribution is 7.85. The molecule has 0 aromatic heterocycles. The minimum absolute atomic E-state index is 0.0340. The van der Waals surface area contributed by atoms with Crippen molar-refractivity contribution < 1.29 is 8.95 Å². The number of nitrogens with two attached hydrogens (primary N) is 1. The molecular weight excluding hydrogens is 282 g/mol. The molecule has 1 aliphatic carbocycles. The molecule has 3 nitrogen and oxygen atoms in total. The smallest absolute Gasteiger partial charge is 0.119 e. The Morgan fingerprint density at radius 2 is 1.95 bits per heavy atom. The van der Waals surface area contributed by atoms with Gasteiger partial charge in [-0.05, 0) is 48.2 Å². The Kier molecular flexibility index (Phi) is 4.08. The fourth-order valence-corrected chi connectivity index (χ4v) is 4.42. The first kappa shape index (κ1) is 14.3. The molecule has 2 aromatic carbocycles. The predicted octanol–water partition coefficient (Wildman–Crippen LogP) is 2.82. The fourth-order valence-electron chi connectivity index (χ4n) is 2.90. The molecule has 0 spiro atoms. The Morgan fingerprint density at radius 3 is 2.67 bits per heavy atom. The van der Waals surface area contributed by atoms with Crippen molar-refractivity contribution >= 4 is 10.8 Å². The van der Waals surface area contributed by atoms with Crippen LogP contribution in [0.25, 0.3) is 0 Å². The lowest BCUT2D eigenvalue weighted by Crippen LogP contribution is -2.34. The highest BCUT2D eigenvalue weighted by Gasteiger charge is 2.31. The van der Waals surface area contributed by atoms with E-state index in [1.807, 2.05) is 48.5 Å². The number of rotatable bonds is 3. The van der Waals surface area contributed by atoms with Crippen LogP contribution in [-0.2, 0) is 17.2 Å². The summed E-state index contributed by atoms with van der Waals surface area (Å²) in [5, 5.41) is -0.0340. The quantitative estimate of drug-likeness (QED) is 0.948. The summed E-state index contributed by atoms with van der Waals surface area (Å²) >= 11 is 0. The molecule has 0 bridgehead atoms. The van der Waals surface area contributed by atoms with Crippen molar-refractivity contribution in [2.75, 3.05) is 7.11 Å². The number of ether oxygens (including phenoxy) is 1. The minimum atomic E-state index is -1.07. The first-order valence-electron chi connectivity index (χ1n) is 7.08. The Labute approximate surface area is 127 Å². The van der Waals surface area contributed by atoms with Crippen molar-refractivity contribution in [1.82, 2.24) is 0 Å². The van der Waals surface area contributed by atoms with Crippen LogP contribution >= 0.6 is 0 Å². The lowest BCUT2D eigenvalue weighted by Gasteiger charge is -2.30. The summed E-state index contributed by atoms with van der Waals surface area (Å²) < 4.78 is 18.0. The van der Waals surface area contributed by atoms with Crippen molar-refractivity contribution in [2.24, 2.45) is 5.73 Å². The van der Waals surface area contributed by atoms with E-state index in [1.54, 1.807) is 7.11 Å². The van der Waals surface area contributed by atoms with Crippen LogP contribution in [0.5, 0.6) is 5.75 Å².